The van der Waals surface area contributed by atoms with E-state index in [1.807, 2.05) is 18.2 Å². The van der Waals surface area contributed by atoms with Gasteiger partial charge in [-0.3, -0.25) is 0 Å². The second-order valence-electron chi connectivity index (χ2n) is 10.7. The Bertz CT molecular complexity index is 2040. The molecule has 1 aliphatic rings. The first-order valence-electron chi connectivity index (χ1n) is 13.8. The van der Waals surface area contributed by atoms with Crippen LogP contribution in [0.1, 0.15) is 16.7 Å². The highest BCUT2D eigenvalue weighted by Gasteiger charge is 2.57. The lowest BCUT2D eigenvalue weighted by atomic mass is 9.71. The van der Waals surface area contributed by atoms with E-state index in [-0.39, 0.29) is 28.4 Å². The van der Waals surface area contributed by atoms with Gasteiger partial charge in [0.05, 0.1) is 0 Å². The Morgan fingerprint density at radius 2 is 1.32 bits per heavy atom. The van der Waals surface area contributed by atoms with E-state index in [1.54, 1.807) is 74.5 Å². The third-order valence-electron chi connectivity index (χ3n) is 7.87. The van der Waals surface area contributed by atoms with Gasteiger partial charge in [-0.05, 0) is 94.7 Å². The summed E-state index contributed by atoms with van der Waals surface area (Å²) >= 11 is 12.3. The second kappa shape index (κ2) is 11.5. The largest absolute Gasteiger partial charge is 0.507 e. The number of carbonyl (C=O) groups is 2. The number of esters is 2. The zero-order chi connectivity index (χ0) is 31.2. The Hall–Kier alpha value is -4.62. The molecule has 1 unspecified atom stereocenters. The van der Waals surface area contributed by atoms with Crippen LogP contribution in [0, 0.1) is 19.3 Å². The fourth-order valence-corrected chi connectivity index (χ4v) is 6.08. The lowest BCUT2D eigenvalue weighted by molar-refractivity contribution is -0.160. The summed E-state index contributed by atoms with van der Waals surface area (Å²) in [5, 5.41) is 26.9. The van der Waals surface area contributed by atoms with E-state index >= 15 is 0 Å². The van der Waals surface area contributed by atoms with Gasteiger partial charge in [-0.1, -0.05) is 77.8 Å². The maximum atomic E-state index is 14.4. The number of phenols is 1. The van der Waals surface area contributed by atoms with Crippen LogP contribution in [-0.2, 0) is 9.59 Å². The van der Waals surface area contributed by atoms with Crippen molar-refractivity contribution >= 4 is 57.6 Å². The zero-order valence-electron chi connectivity index (χ0n) is 23.7. The molecular formula is C36H26Cl2O6. The van der Waals surface area contributed by atoms with Gasteiger partial charge in [0, 0.05) is 21.2 Å². The Morgan fingerprint density at radius 1 is 0.750 bits per heavy atom. The molecule has 0 saturated carbocycles. The maximum Gasteiger partial charge on any atom is 0.336 e. The van der Waals surface area contributed by atoms with Gasteiger partial charge in [0.2, 0.25) is 5.41 Å². The number of aliphatic hydroxyl groups excluding tert-OH is 1. The van der Waals surface area contributed by atoms with Crippen molar-refractivity contribution in [2.45, 2.75) is 20.0 Å². The van der Waals surface area contributed by atoms with Gasteiger partial charge < -0.3 is 19.7 Å². The average molecular weight is 626 g/mol. The summed E-state index contributed by atoms with van der Waals surface area (Å²) in [6, 6.07) is 27.0. The minimum Gasteiger partial charge on any atom is -0.507 e. The van der Waals surface area contributed by atoms with Crippen molar-refractivity contribution in [2.75, 3.05) is 0 Å². The van der Waals surface area contributed by atoms with Crippen molar-refractivity contribution < 1.29 is 29.3 Å². The molecule has 5 aromatic rings. The SMILES string of the molecule is Cc1cc(Cl)ccc1OC(=O)C1(C(=O)Oc2ccc(Cl)cc2C)C=c2ccccc2=C(c2c(O)ccc3ccccc23)C1O. The van der Waals surface area contributed by atoms with E-state index in [1.165, 1.54) is 24.3 Å². The molecule has 0 spiro atoms. The zero-order valence-corrected chi connectivity index (χ0v) is 25.2. The summed E-state index contributed by atoms with van der Waals surface area (Å²) in [5.74, 6) is -1.96. The molecule has 5 aromatic carbocycles. The molecule has 0 aliphatic heterocycles. The number of fused-ring (bicyclic) bond motifs is 2. The van der Waals surface area contributed by atoms with E-state index in [2.05, 4.69) is 0 Å². The molecule has 0 radical (unpaired) electrons. The molecule has 0 bridgehead atoms. The molecule has 6 nitrogen and oxygen atoms in total. The number of rotatable bonds is 5. The summed E-state index contributed by atoms with van der Waals surface area (Å²) in [6.45, 7) is 3.41. The number of hydrogen-bond donors (Lipinski definition) is 2. The summed E-state index contributed by atoms with van der Waals surface area (Å²) in [5.41, 5.74) is -0.849. The van der Waals surface area contributed by atoms with Crippen LogP contribution in [0.2, 0.25) is 10.0 Å². The smallest absolute Gasteiger partial charge is 0.336 e. The molecule has 0 fully saturated rings. The topological polar surface area (TPSA) is 93.1 Å². The van der Waals surface area contributed by atoms with Crippen molar-refractivity contribution in [3.63, 3.8) is 0 Å². The van der Waals surface area contributed by atoms with E-state index in [0.29, 0.717) is 37.0 Å². The Morgan fingerprint density at radius 3 is 1.93 bits per heavy atom. The molecule has 8 heteroatoms. The van der Waals surface area contributed by atoms with Crippen LogP contribution in [0.5, 0.6) is 17.2 Å². The second-order valence-corrected chi connectivity index (χ2v) is 11.6. The number of hydrogen-bond acceptors (Lipinski definition) is 6. The van der Waals surface area contributed by atoms with Crippen molar-refractivity contribution in [3.8, 4) is 17.2 Å². The molecule has 6 rings (SSSR count). The highest BCUT2D eigenvalue weighted by molar-refractivity contribution is 6.31. The third-order valence-corrected chi connectivity index (χ3v) is 8.34. The number of aryl methyl sites for hydroxylation is 2. The number of halogens is 2. The lowest BCUT2D eigenvalue weighted by Crippen LogP contribution is -2.57. The molecule has 0 saturated heterocycles. The first kappa shape index (κ1) is 29.5. The van der Waals surface area contributed by atoms with E-state index in [9.17, 15) is 19.8 Å². The van der Waals surface area contributed by atoms with Crippen LogP contribution in [0.4, 0.5) is 0 Å². The predicted octanol–water partition coefficient (Wildman–Crippen LogP) is 6.02. The number of aliphatic hydroxyl groups is 1. The van der Waals surface area contributed by atoms with Crippen molar-refractivity contribution in [1.82, 2.24) is 0 Å². The van der Waals surface area contributed by atoms with Crippen LogP contribution in [0.3, 0.4) is 0 Å². The van der Waals surface area contributed by atoms with Gasteiger partial charge >= 0.3 is 11.9 Å². The van der Waals surface area contributed by atoms with Crippen LogP contribution >= 0.6 is 23.2 Å². The number of aromatic hydroxyl groups is 1. The van der Waals surface area contributed by atoms with Crippen molar-refractivity contribution in [2.24, 2.45) is 5.41 Å². The molecular weight excluding hydrogens is 599 g/mol. The molecule has 2 N–H and O–H groups in total. The standard InChI is InChI=1S/C36H26Cl2O6/c1-20-17-24(37)12-15-29(20)43-34(41)36(35(42)44-30-16-13-25(38)18-21(30)2)19-23-8-4-6-10-27(23)32(33(36)40)31-26-9-5-3-7-22(26)11-14-28(31)39/h3-19,33,39-40H,1-2H3. The fraction of sp³-hybridized carbons (Fsp3) is 0.111. The minimum absolute atomic E-state index is 0.132. The highest BCUT2D eigenvalue weighted by atomic mass is 35.5. The first-order valence-corrected chi connectivity index (χ1v) is 14.5. The van der Waals surface area contributed by atoms with E-state index in [4.69, 9.17) is 32.7 Å². The normalized spacial score (nSPS) is 15.3. The maximum absolute atomic E-state index is 14.4. The summed E-state index contributed by atoms with van der Waals surface area (Å²) in [7, 11) is 0. The van der Waals surface area contributed by atoms with Crippen molar-refractivity contribution in [3.05, 3.63) is 134 Å². The van der Waals surface area contributed by atoms with Gasteiger partial charge in [0.15, 0.2) is 0 Å². The number of phenolic OH excluding ortho intramolecular Hbond substituents is 1. The summed E-state index contributed by atoms with van der Waals surface area (Å²) < 4.78 is 11.7. The molecule has 1 atom stereocenters. The Kier molecular flexibility index (Phi) is 7.68. The Balaban J connectivity index is 1.61. The van der Waals surface area contributed by atoms with Gasteiger partial charge in [-0.2, -0.15) is 0 Å². The third kappa shape index (κ3) is 5.01. The van der Waals surface area contributed by atoms with E-state index in [0.717, 1.165) is 5.39 Å². The van der Waals surface area contributed by atoms with Crippen LogP contribution < -0.4 is 19.9 Å². The Labute approximate surface area is 263 Å². The molecule has 0 amide bonds. The van der Waals surface area contributed by atoms with E-state index < -0.39 is 23.5 Å². The summed E-state index contributed by atoms with van der Waals surface area (Å²) in [4.78, 5) is 28.8. The van der Waals surface area contributed by atoms with Gasteiger partial charge in [0.25, 0.3) is 0 Å². The number of carbonyl (C=O) groups excluding carboxylic acids is 2. The first-order chi connectivity index (χ1) is 21.1. The molecule has 44 heavy (non-hydrogen) atoms. The molecule has 0 aromatic heterocycles. The lowest BCUT2D eigenvalue weighted by Gasteiger charge is -2.35. The van der Waals surface area contributed by atoms with Crippen molar-refractivity contribution in [1.29, 1.82) is 0 Å². The predicted molar refractivity (Wildman–Crippen MR) is 170 cm³/mol. The van der Waals surface area contributed by atoms with Crippen LogP contribution in [-0.4, -0.2) is 28.3 Å². The highest BCUT2D eigenvalue weighted by Crippen LogP contribution is 2.42. The van der Waals surface area contributed by atoms with Crippen LogP contribution in [0.15, 0.2) is 97.1 Å². The summed E-state index contributed by atoms with van der Waals surface area (Å²) in [6.07, 6.45) is -0.464. The average Bonchev–Trinajstić information content (AvgIpc) is 3.00. The molecule has 1 aliphatic carbocycles. The molecule has 0 heterocycles. The van der Waals surface area contributed by atoms with Crippen LogP contribution in [0.25, 0.3) is 22.4 Å². The fourth-order valence-electron chi connectivity index (χ4n) is 5.63. The van der Waals surface area contributed by atoms with Gasteiger partial charge in [-0.25, -0.2) is 9.59 Å². The minimum atomic E-state index is -2.40. The number of ether oxygens (including phenoxy) is 2. The van der Waals surface area contributed by atoms with Gasteiger partial charge in [0.1, 0.15) is 23.4 Å². The quantitative estimate of drug-likeness (QED) is 0.141. The molecule has 220 valence electrons. The van der Waals surface area contributed by atoms with Gasteiger partial charge in [-0.15, -0.1) is 0 Å². The monoisotopic (exact) mass is 624 g/mol. The number of benzene rings is 5.